The van der Waals surface area contributed by atoms with E-state index < -0.39 is 126 Å². The number of amides is 5. The topological polar surface area (TPSA) is 263 Å². The lowest BCUT2D eigenvalue weighted by Gasteiger charge is -2.32. The maximum Gasteiger partial charge on any atom is 0.411 e. The summed E-state index contributed by atoms with van der Waals surface area (Å²) in [6, 6.07) is -4.85. The molecule has 3 rings (SSSR count). The van der Waals surface area contributed by atoms with Crippen molar-refractivity contribution in [1.82, 2.24) is 25.3 Å². The van der Waals surface area contributed by atoms with Gasteiger partial charge in [0.05, 0.1) is 39.8 Å². The Hall–Kier alpha value is -5.63. The van der Waals surface area contributed by atoms with Crippen LogP contribution >= 0.6 is 0 Å². The minimum Gasteiger partial charge on any atom is -0.480 e. The Morgan fingerprint density at radius 3 is 1.42 bits per heavy atom. The number of likely N-dealkylation sites (tertiary alicyclic amines) is 3. The van der Waals surface area contributed by atoms with Gasteiger partial charge in [0.1, 0.15) is 35.9 Å². The lowest BCUT2D eigenvalue weighted by Crippen LogP contribution is -2.61. The number of carboxylic acid groups (broad SMARTS) is 1. The largest absolute Gasteiger partial charge is 0.480 e. The van der Waals surface area contributed by atoms with Crippen LogP contribution in [0.5, 0.6) is 0 Å². The Kier molecular flexibility index (Phi) is 13.5. The van der Waals surface area contributed by atoms with E-state index in [0.717, 1.165) is 31.1 Å². The van der Waals surface area contributed by atoms with Gasteiger partial charge in [-0.3, -0.25) is 29.1 Å². The van der Waals surface area contributed by atoms with E-state index in [1.807, 2.05) is 0 Å². The number of hydrogen-bond acceptors (Lipinski definition) is 15. The monoisotopic (exact) mass is 811 g/mol. The highest BCUT2D eigenvalue weighted by molar-refractivity contribution is 5.98. The molecular weight excluding hydrogens is 758 g/mol. The highest BCUT2D eigenvalue weighted by atomic mass is 16.6. The molecule has 5 amide bonds. The number of esters is 3. The second-order valence-corrected chi connectivity index (χ2v) is 16.4. The molecule has 0 saturated carbocycles. The zero-order valence-corrected chi connectivity index (χ0v) is 33.9. The van der Waals surface area contributed by atoms with Crippen molar-refractivity contribution in [2.75, 3.05) is 47.6 Å². The van der Waals surface area contributed by atoms with Crippen LogP contribution in [0.4, 0.5) is 14.4 Å². The summed E-state index contributed by atoms with van der Waals surface area (Å²) in [6.07, 6.45) is -3.66. The summed E-state index contributed by atoms with van der Waals surface area (Å²) in [5, 5.41) is 15.0. The number of aliphatic carboxylic acids is 1. The number of carbonyl (C=O) groups excluding carboxylic acids is 8. The highest BCUT2D eigenvalue weighted by Gasteiger charge is 2.61. The SMILES string of the molecule is C=CCOC(=O)N1C[C@](NC(=O)[C@@H]2C[C@@](NC(=O)C3C[C@@](C)(C(=O)OC)CN3C(=O)OC(C)(C)C)(C(=O)OC)CN2C(=O)OC(C)(C)C)(C(=O)OC)C[C@H]1C(=O)O. The third-order valence-corrected chi connectivity index (χ3v) is 9.52. The lowest BCUT2D eigenvalue weighted by molar-refractivity contribution is -0.152. The molecule has 0 aliphatic carbocycles. The number of ether oxygens (including phenoxy) is 6. The Morgan fingerprint density at radius 1 is 0.649 bits per heavy atom. The average Bonchev–Trinajstić information content (AvgIpc) is 3.82. The maximum atomic E-state index is 14.4. The third kappa shape index (κ3) is 10.0. The Balaban J connectivity index is 2.10. The number of hydrogen-bond donors (Lipinski definition) is 3. The van der Waals surface area contributed by atoms with E-state index in [1.54, 1.807) is 20.8 Å². The van der Waals surface area contributed by atoms with Crippen molar-refractivity contribution in [2.45, 2.75) is 108 Å². The summed E-state index contributed by atoms with van der Waals surface area (Å²) < 4.78 is 31.0. The number of nitrogens with zero attached hydrogens (tertiary/aromatic N) is 3. The lowest BCUT2D eigenvalue weighted by atomic mass is 9.87. The summed E-state index contributed by atoms with van der Waals surface area (Å²) >= 11 is 0. The Labute approximate surface area is 329 Å². The van der Waals surface area contributed by atoms with Crippen LogP contribution in [0.3, 0.4) is 0 Å². The van der Waals surface area contributed by atoms with E-state index in [1.165, 1.54) is 33.8 Å². The van der Waals surface area contributed by atoms with Crippen molar-refractivity contribution in [3.8, 4) is 0 Å². The van der Waals surface area contributed by atoms with Gasteiger partial charge in [0, 0.05) is 19.4 Å². The molecule has 57 heavy (non-hydrogen) atoms. The number of rotatable bonds is 10. The van der Waals surface area contributed by atoms with E-state index in [0.29, 0.717) is 4.90 Å². The predicted molar refractivity (Wildman–Crippen MR) is 193 cm³/mol. The van der Waals surface area contributed by atoms with E-state index in [4.69, 9.17) is 28.4 Å². The molecule has 1 unspecified atom stereocenters. The first-order chi connectivity index (χ1) is 26.2. The molecule has 3 fully saturated rings. The summed E-state index contributed by atoms with van der Waals surface area (Å²) in [4.78, 5) is 124. The van der Waals surface area contributed by atoms with E-state index in [-0.39, 0.29) is 19.6 Å². The second kappa shape index (κ2) is 16.8. The molecular formula is C36H53N5O16. The maximum absolute atomic E-state index is 14.4. The van der Waals surface area contributed by atoms with Gasteiger partial charge in [-0.15, -0.1) is 0 Å². The zero-order chi connectivity index (χ0) is 43.5. The van der Waals surface area contributed by atoms with Gasteiger partial charge in [0.25, 0.3) is 0 Å². The normalized spacial score (nSPS) is 27.1. The number of carboxylic acids is 1. The summed E-state index contributed by atoms with van der Waals surface area (Å²) in [5.74, 6) is -6.65. The van der Waals surface area contributed by atoms with Crippen LogP contribution in [0.2, 0.25) is 0 Å². The molecule has 21 heteroatoms. The highest BCUT2D eigenvalue weighted by Crippen LogP contribution is 2.39. The minimum absolute atomic E-state index is 0.278. The quantitative estimate of drug-likeness (QED) is 0.156. The molecule has 0 aromatic rings. The molecule has 0 spiro atoms. The van der Waals surface area contributed by atoms with Crippen LogP contribution in [0.15, 0.2) is 12.7 Å². The smallest absolute Gasteiger partial charge is 0.411 e. The van der Waals surface area contributed by atoms with Crippen LogP contribution < -0.4 is 10.6 Å². The fourth-order valence-corrected chi connectivity index (χ4v) is 7.02. The van der Waals surface area contributed by atoms with Gasteiger partial charge >= 0.3 is 42.2 Å². The van der Waals surface area contributed by atoms with Crippen LogP contribution in [-0.4, -0.2) is 162 Å². The van der Waals surface area contributed by atoms with Crippen LogP contribution in [0.1, 0.15) is 67.7 Å². The average molecular weight is 812 g/mol. The third-order valence-electron chi connectivity index (χ3n) is 9.52. The van der Waals surface area contributed by atoms with Crippen molar-refractivity contribution in [2.24, 2.45) is 5.41 Å². The predicted octanol–water partition coefficient (Wildman–Crippen LogP) is 0.722. The second-order valence-electron chi connectivity index (χ2n) is 16.4. The minimum atomic E-state index is -2.22. The van der Waals surface area contributed by atoms with E-state index in [2.05, 4.69) is 17.2 Å². The molecule has 0 radical (unpaired) electrons. The van der Waals surface area contributed by atoms with E-state index in [9.17, 15) is 48.3 Å². The Bertz CT molecular complexity index is 1670. The van der Waals surface area contributed by atoms with Gasteiger partial charge in [-0.2, -0.15) is 0 Å². The zero-order valence-electron chi connectivity index (χ0n) is 33.9. The van der Waals surface area contributed by atoms with Crippen LogP contribution in [-0.2, 0) is 57.2 Å². The van der Waals surface area contributed by atoms with Gasteiger partial charge in [-0.25, -0.2) is 28.8 Å². The Morgan fingerprint density at radius 2 is 1.04 bits per heavy atom. The molecule has 3 heterocycles. The molecule has 3 aliphatic rings. The van der Waals surface area contributed by atoms with Gasteiger partial charge in [0.15, 0.2) is 11.1 Å². The van der Waals surface area contributed by atoms with Crippen LogP contribution in [0.25, 0.3) is 0 Å². The first-order valence-electron chi connectivity index (χ1n) is 17.9. The van der Waals surface area contributed by atoms with Crippen molar-refractivity contribution < 1.29 is 76.7 Å². The van der Waals surface area contributed by atoms with Crippen molar-refractivity contribution in [3.63, 3.8) is 0 Å². The van der Waals surface area contributed by atoms with Gasteiger partial charge in [-0.05, 0) is 54.9 Å². The van der Waals surface area contributed by atoms with Gasteiger partial charge < -0.3 is 44.2 Å². The van der Waals surface area contributed by atoms with Crippen molar-refractivity contribution in [1.29, 1.82) is 0 Å². The molecule has 3 N–H and O–H groups in total. The van der Waals surface area contributed by atoms with E-state index >= 15 is 0 Å². The van der Waals surface area contributed by atoms with Gasteiger partial charge in [-0.1, -0.05) is 12.7 Å². The number of methoxy groups -OCH3 is 3. The fraction of sp³-hybridized carbons (Fsp3) is 0.694. The van der Waals surface area contributed by atoms with Crippen molar-refractivity contribution in [3.05, 3.63) is 12.7 Å². The molecule has 0 bridgehead atoms. The van der Waals surface area contributed by atoms with Crippen molar-refractivity contribution >= 4 is 54.0 Å². The van der Waals surface area contributed by atoms with Crippen LogP contribution in [0, 0.1) is 5.41 Å². The number of nitrogens with one attached hydrogen (secondary N) is 2. The molecule has 3 saturated heterocycles. The summed E-state index contributed by atoms with van der Waals surface area (Å²) in [6.45, 7) is 12.2. The molecule has 3 aliphatic heterocycles. The molecule has 318 valence electrons. The molecule has 0 aromatic carbocycles. The molecule has 21 nitrogen and oxygen atoms in total. The fourth-order valence-electron chi connectivity index (χ4n) is 7.02. The first kappa shape index (κ1) is 45.8. The standard InChI is InChI=1S/C36H53N5O16/c1-12-13-55-29(49)41-19-36(28(48)54-11,16-22(41)25(44)45)38-24(43)21-15-35(27(47)53-10,18-40(21)31(51)57-33(5,6)7)37-23(42)20-14-34(8,26(46)52-9)17-39(20)30(50)56-32(2,3)4/h12,20-22H,1,13-19H2,2-11H3,(H,37,42)(H,38,43)(H,44,45)/t20?,21-,22-,34+,35-,36-/m0/s1. The summed E-state index contributed by atoms with van der Waals surface area (Å²) in [5.41, 5.74) is -7.97. The molecule has 0 aromatic heterocycles. The molecule has 6 atom stereocenters. The first-order valence-corrected chi connectivity index (χ1v) is 17.9. The summed E-state index contributed by atoms with van der Waals surface area (Å²) in [7, 11) is 3.11. The van der Waals surface area contributed by atoms with Gasteiger partial charge in [0.2, 0.25) is 11.8 Å². The number of carbonyl (C=O) groups is 9.